The van der Waals surface area contributed by atoms with E-state index in [0.717, 1.165) is 39.5 Å². The lowest BCUT2D eigenvalue weighted by Crippen LogP contribution is -2.23. The summed E-state index contributed by atoms with van der Waals surface area (Å²) in [6.45, 7) is 1.62. The molecule has 2 aliphatic rings. The van der Waals surface area contributed by atoms with E-state index in [1.807, 2.05) is 27.4 Å². The second kappa shape index (κ2) is 6.11. The van der Waals surface area contributed by atoms with Crippen molar-refractivity contribution in [2.75, 3.05) is 12.3 Å². The minimum atomic E-state index is 0.0826. The first-order chi connectivity index (χ1) is 12.6. The normalized spacial score (nSPS) is 15.6. The molecule has 4 heterocycles. The van der Waals surface area contributed by atoms with Crippen molar-refractivity contribution in [1.82, 2.24) is 29.2 Å². The summed E-state index contributed by atoms with van der Waals surface area (Å²) in [5, 5.41) is 5.18. The molecule has 1 aromatic carbocycles. The third kappa shape index (κ3) is 2.57. The quantitative estimate of drug-likeness (QED) is 0.466. The fraction of sp³-hybridized carbons (Fsp3) is 0.250. The molecule has 2 aliphatic heterocycles. The van der Waals surface area contributed by atoms with Gasteiger partial charge in [-0.2, -0.15) is 5.10 Å². The van der Waals surface area contributed by atoms with Crippen LogP contribution in [0.4, 0.5) is 4.79 Å². The highest BCUT2D eigenvalue weighted by molar-refractivity contribution is 9.10. The summed E-state index contributed by atoms with van der Waals surface area (Å²) < 4.78 is 4.76. The van der Waals surface area contributed by atoms with Gasteiger partial charge in [0.25, 0.3) is 5.24 Å². The standard InChI is InChI=1S/C16H12BrClN6OS/c17-9-1-2-11-10(5-9)15-20-13(7-22-3-4-26-16(22)25)21-24(15)6-12-14(18)19-8-23(11)12/h1-2,5,8H,3-4,6-7H2. The van der Waals surface area contributed by atoms with Crippen molar-refractivity contribution in [1.29, 1.82) is 0 Å². The Morgan fingerprint density at radius 2 is 2.23 bits per heavy atom. The molecule has 132 valence electrons. The third-order valence-corrected chi connectivity index (χ3v) is 6.17. The van der Waals surface area contributed by atoms with Crippen LogP contribution in [-0.4, -0.2) is 46.8 Å². The minimum absolute atomic E-state index is 0.0826. The Morgan fingerprint density at radius 1 is 1.35 bits per heavy atom. The van der Waals surface area contributed by atoms with Crippen molar-refractivity contribution in [3.63, 3.8) is 0 Å². The molecular formula is C16H12BrClN6OS. The van der Waals surface area contributed by atoms with Crippen molar-refractivity contribution < 1.29 is 4.79 Å². The van der Waals surface area contributed by atoms with Crippen LogP contribution in [0.2, 0.25) is 5.15 Å². The van der Waals surface area contributed by atoms with E-state index in [2.05, 4.69) is 26.0 Å². The number of thioether (sulfide) groups is 1. The highest BCUT2D eigenvalue weighted by Gasteiger charge is 2.27. The zero-order valence-corrected chi connectivity index (χ0v) is 16.6. The first-order valence-electron chi connectivity index (χ1n) is 7.97. The number of benzene rings is 1. The monoisotopic (exact) mass is 450 g/mol. The Labute approximate surface area is 166 Å². The van der Waals surface area contributed by atoms with Gasteiger partial charge < -0.3 is 4.90 Å². The van der Waals surface area contributed by atoms with Gasteiger partial charge in [0.1, 0.15) is 6.33 Å². The summed E-state index contributed by atoms with van der Waals surface area (Å²) in [6.07, 6.45) is 1.72. The maximum atomic E-state index is 11.9. The van der Waals surface area contributed by atoms with Crippen LogP contribution in [0.15, 0.2) is 29.0 Å². The summed E-state index contributed by atoms with van der Waals surface area (Å²) in [5.41, 5.74) is 2.75. The SMILES string of the molecule is O=C1SCCN1Cc1nc2n(n1)Cc1c(Cl)ncn1-c1ccc(Br)cc1-2. The maximum Gasteiger partial charge on any atom is 0.282 e. The van der Waals surface area contributed by atoms with E-state index >= 15 is 0 Å². The number of amides is 1. The number of rotatable bonds is 2. The van der Waals surface area contributed by atoms with E-state index in [4.69, 9.17) is 16.6 Å². The van der Waals surface area contributed by atoms with Gasteiger partial charge in [0.05, 0.1) is 24.5 Å². The minimum Gasteiger partial charge on any atom is -0.325 e. The molecule has 0 radical (unpaired) electrons. The molecule has 2 aromatic heterocycles. The van der Waals surface area contributed by atoms with Gasteiger partial charge in [0.2, 0.25) is 0 Å². The maximum absolute atomic E-state index is 11.9. The van der Waals surface area contributed by atoms with Crippen LogP contribution in [0.1, 0.15) is 11.5 Å². The molecule has 0 saturated carbocycles. The summed E-state index contributed by atoms with van der Waals surface area (Å²) >= 11 is 11.2. The van der Waals surface area contributed by atoms with E-state index < -0.39 is 0 Å². The molecule has 26 heavy (non-hydrogen) atoms. The Kier molecular flexibility index (Phi) is 3.84. The Hall–Kier alpha value is -1.84. The van der Waals surface area contributed by atoms with Gasteiger partial charge >= 0.3 is 0 Å². The zero-order chi connectivity index (χ0) is 17.8. The van der Waals surface area contributed by atoms with Gasteiger partial charge in [-0.25, -0.2) is 14.6 Å². The number of carbonyl (C=O) groups is 1. The first kappa shape index (κ1) is 16.3. The lowest BCUT2D eigenvalue weighted by molar-refractivity contribution is 0.226. The molecule has 0 unspecified atom stereocenters. The average molecular weight is 452 g/mol. The predicted octanol–water partition coefficient (Wildman–Crippen LogP) is 3.58. The average Bonchev–Trinajstić information content (AvgIpc) is 3.28. The molecule has 0 spiro atoms. The molecule has 1 fully saturated rings. The topological polar surface area (TPSA) is 68.8 Å². The van der Waals surface area contributed by atoms with E-state index in [-0.39, 0.29) is 5.24 Å². The van der Waals surface area contributed by atoms with E-state index in [1.54, 1.807) is 11.2 Å². The molecule has 7 nitrogen and oxygen atoms in total. The van der Waals surface area contributed by atoms with Crippen LogP contribution in [0.3, 0.4) is 0 Å². The summed E-state index contributed by atoms with van der Waals surface area (Å²) in [5.74, 6) is 2.21. The van der Waals surface area contributed by atoms with Crippen molar-refractivity contribution in [2.45, 2.75) is 13.1 Å². The van der Waals surface area contributed by atoms with Crippen LogP contribution < -0.4 is 0 Å². The van der Waals surface area contributed by atoms with E-state index in [0.29, 0.717) is 24.1 Å². The highest BCUT2D eigenvalue weighted by Crippen LogP contribution is 2.34. The van der Waals surface area contributed by atoms with E-state index in [1.165, 1.54) is 11.8 Å². The Morgan fingerprint density at radius 3 is 3.04 bits per heavy atom. The van der Waals surface area contributed by atoms with Crippen LogP contribution >= 0.6 is 39.3 Å². The molecule has 0 bridgehead atoms. The fourth-order valence-electron chi connectivity index (χ4n) is 3.25. The first-order valence-corrected chi connectivity index (χ1v) is 10.1. The van der Waals surface area contributed by atoms with Crippen LogP contribution in [0.25, 0.3) is 17.1 Å². The summed E-state index contributed by atoms with van der Waals surface area (Å²) in [4.78, 5) is 22.6. The van der Waals surface area contributed by atoms with Crippen LogP contribution in [-0.2, 0) is 13.1 Å². The molecule has 1 saturated heterocycles. The van der Waals surface area contributed by atoms with Gasteiger partial charge in [-0.05, 0) is 18.2 Å². The predicted molar refractivity (Wildman–Crippen MR) is 103 cm³/mol. The lowest BCUT2D eigenvalue weighted by Gasteiger charge is -2.11. The number of fused-ring (bicyclic) bond motifs is 5. The van der Waals surface area contributed by atoms with Gasteiger partial charge in [-0.15, -0.1) is 0 Å². The molecule has 3 aromatic rings. The van der Waals surface area contributed by atoms with Gasteiger partial charge in [-0.3, -0.25) is 9.36 Å². The fourth-order valence-corrected chi connectivity index (χ4v) is 4.63. The number of aromatic nitrogens is 5. The van der Waals surface area contributed by atoms with E-state index in [9.17, 15) is 4.79 Å². The van der Waals surface area contributed by atoms with Gasteiger partial charge in [-0.1, -0.05) is 39.3 Å². The number of carbonyl (C=O) groups excluding carboxylic acids is 1. The number of imidazole rings is 1. The second-order valence-corrected chi connectivity index (χ2v) is 8.38. The molecule has 0 N–H and O–H groups in total. The van der Waals surface area contributed by atoms with Gasteiger partial charge in [0, 0.05) is 22.3 Å². The smallest absolute Gasteiger partial charge is 0.282 e. The Balaban J connectivity index is 1.64. The number of halogens is 2. The highest BCUT2D eigenvalue weighted by atomic mass is 79.9. The van der Waals surface area contributed by atoms with Crippen molar-refractivity contribution in [3.8, 4) is 17.1 Å². The Bertz CT molecular complexity index is 1050. The van der Waals surface area contributed by atoms with Gasteiger partial charge in [0.15, 0.2) is 16.8 Å². The zero-order valence-electron chi connectivity index (χ0n) is 13.4. The molecule has 0 aliphatic carbocycles. The molecular weight excluding hydrogens is 440 g/mol. The number of hydrogen-bond acceptors (Lipinski definition) is 5. The molecule has 1 amide bonds. The molecule has 5 rings (SSSR count). The molecule has 0 atom stereocenters. The summed E-state index contributed by atoms with van der Waals surface area (Å²) in [6, 6.07) is 5.99. The number of nitrogens with zero attached hydrogens (tertiary/aromatic N) is 6. The summed E-state index contributed by atoms with van der Waals surface area (Å²) in [7, 11) is 0. The second-order valence-electron chi connectivity index (χ2n) is 6.06. The third-order valence-electron chi connectivity index (χ3n) is 4.47. The van der Waals surface area contributed by atoms with Crippen molar-refractivity contribution in [3.05, 3.63) is 45.7 Å². The van der Waals surface area contributed by atoms with Crippen LogP contribution in [0, 0.1) is 0 Å². The molecule has 10 heteroatoms. The van der Waals surface area contributed by atoms with Crippen molar-refractivity contribution >= 4 is 44.5 Å². The largest absolute Gasteiger partial charge is 0.325 e. The van der Waals surface area contributed by atoms with Crippen molar-refractivity contribution in [2.24, 2.45) is 0 Å². The lowest BCUT2D eigenvalue weighted by atomic mass is 10.1. The number of hydrogen-bond donors (Lipinski definition) is 0. The van der Waals surface area contributed by atoms with Crippen LogP contribution in [0.5, 0.6) is 0 Å².